The molecule has 126 valence electrons. The van der Waals surface area contributed by atoms with Crippen LogP contribution in [0.1, 0.15) is 38.7 Å². The van der Waals surface area contributed by atoms with Gasteiger partial charge in [-0.3, -0.25) is 0 Å². The van der Waals surface area contributed by atoms with E-state index < -0.39 is 0 Å². The monoisotopic (exact) mass is 341 g/mol. The third kappa shape index (κ3) is 3.28. The highest BCUT2D eigenvalue weighted by atomic mass is 32.1. The minimum absolute atomic E-state index is 0.000771. The van der Waals surface area contributed by atoms with Crippen LogP contribution in [-0.2, 0) is 0 Å². The Labute approximate surface area is 146 Å². The van der Waals surface area contributed by atoms with Gasteiger partial charge in [0, 0.05) is 10.9 Å². The molecule has 0 amide bonds. The van der Waals surface area contributed by atoms with Gasteiger partial charge in [-0.25, -0.2) is 9.97 Å². The molecule has 0 aliphatic carbocycles. The average Bonchev–Trinajstić information content (AvgIpc) is 3.04. The lowest BCUT2D eigenvalue weighted by Gasteiger charge is -2.16. The summed E-state index contributed by atoms with van der Waals surface area (Å²) in [6.45, 7) is 6.53. The first-order valence-electron chi connectivity index (χ1n) is 8.34. The van der Waals surface area contributed by atoms with Crippen molar-refractivity contribution in [1.29, 1.82) is 0 Å². The van der Waals surface area contributed by atoms with Gasteiger partial charge in [0.15, 0.2) is 0 Å². The summed E-state index contributed by atoms with van der Waals surface area (Å²) in [7, 11) is 0. The van der Waals surface area contributed by atoms with Crippen LogP contribution in [-0.4, -0.2) is 27.7 Å². The lowest BCUT2D eigenvalue weighted by molar-refractivity contribution is 0.271. The molecule has 3 rings (SSSR count). The highest BCUT2D eigenvalue weighted by molar-refractivity contribution is 7.17. The van der Waals surface area contributed by atoms with Crippen molar-refractivity contribution in [3.05, 3.63) is 41.5 Å². The molecule has 2 heterocycles. The molecule has 0 aliphatic heterocycles. The van der Waals surface area contributed by atoms with E-state index in [1.165, 1.54) is 11.1 Å². The molecule has 1 unspecified atom stereocenters. The van der Waals surface area contributed by atoms with E-state index in [4.69, 9.17) is 0 Å². The zero-order valence-electron chi connectivity index (χ0n) is 14.3. The SMILES string of the molecule is CCC(CO)Nc1ncnc2scc(-c3ccc(C(C)C)cc3)c12. The minimum Gasteiger partial charge on any atom is -0.394 e. The van der Waals surface area contributed by atoms with E-state index in [0.717, 1.165) is 28.0 Å². The van der Waals surface area contributed by atoms with Crippen LogP contribution in [0.25, 0.3) is 21.3 Å². The fraction of sp³-hybridized carbons (Fsp3) is 0.368. The number of rotatable bonds is 6. The molecule has 0 radical (unpaired) electrons. The summed E-state index contributed by atoms with van der Waals surface area (Å²) in [5, 5.41) is 16.0. The van der Waals surface area contributed by atoms with Crippen LogP contribution in [0.5, 0.6) is 0 Å². The van der Waals surface area contributed by atoms with Gasteiger partial charge >= 0.3 is 0 Å². The number of aromatic nitrogens is 2. The topological polar surface area (TPSA) is 58.0 Å². The van der Waals surface area contributed by atoms with Gasteiger partial charge in [-0.05, 0) is 23.5 Å². The predicted octanol–water partition coefficient (Wildman–Crippen LogP) is 4.66. The van der Waals surface area contributed by atoms with Crippen LogP contribution in [0.2, 0.25) is 0 Å². The van der Waals surface area contributed by atoms with Crippen molar-refractivity contribution in [1.82, 2.24) is 9.97 Å². The van der Waals surface area contributed by atoms with Gasteiger partial charge in [-0.15, -0.1) is 11.3 Å². The Bertz CT molecular complexity index is 807. The van der Waals surface area contributed by atoms with Crippen LogP contribution < -0.4 is 5.32 Å². The Hall–Kier alpha value is -1.98. The number of nitrogens with zero attached hydrogens (tertiary/aromatic N) is 2. The van der Waals surface area contributed by atoms with Crippen LogP contribution in [0.15, 0.2) is 36.0 Å². The molecule has 0 aliphatic rings. The number of nitrogens with one attached hydrogen (secondary N) is 1. The number of hydrogen-bond donors (Lipinski definition) is 2. The number of aliphatic hydroxyl groups is 1. The van der Waals surface area contributed by atoms with Crippen molar-refractivity contribution in [3.8, 4) is 11.1 Å². The Balaban J connectivity index is 2.05. The third-order valence-electron chi connectivity index (χ3n) is 4.31. The maximum Gasteiger partial charge on any atom is 0.139 e. The van der Waals surface area contributed by atoms with Crippen molar-refractivity contribution < 1.29 is 5.11 Å². The number of benzene rings is 1. The number of anilines is 1. The third-order valence-corrected chi connectivity index (χ3v) is 5.20. The highest BCUT2D eigenvalue weighted by Gasteiger charge is 2.15. The maximum absolute atomic E-state index is 9.48. The Morgan fingerprint density at radius 3 is 2.54 bits per heavy atom. The van der Waals surface area contributed by atoms with E-state index in [2.05, 4.69) is 58.8 Å². The van der Waals surface area contributed by atoms with Gasteiger partial charge in [0.25, 0.3) is 0 Å². The second-order valence-electron chi connectivity index (χ2n) is 6.26. The first-order valence-corrected chi connectivity index (χ1v) is 9.22. The molecular weight excluding hydrogens is 318 g/mol. The molecule has 24 heavy (non-hydrogen) atoms. The van der Waals surface area contributed by atoms with E-state index in [9.17, 15) is 5.11 Å². The second-order valence-corrected chi connectivity index (χ2v) is 7.12. The van der Waals surface area contributed by atoms with Crippen molar-refractivity contribution in [2.24, 2.45) is 0 Å². The summed E-state index contributed by atoms with van der Waals surface area (Å²) in [6.07, 6.45) is 2.42. The van der Waals surface area contributed by atoms with Gasteiger partial charge in [0.05, 0.1) is 18.0 Å². The molecule has 0 saturated heterocycles. The minimum atomic E-state index is -0.000771. The number of aliphatic hydroxyl groups excluding tert-OH is 1. The van der Waals surface area contributed by atoms with Crippen molar-refractivity contribution in [2.45, 2.75) is 39.2 Å². The van der Waals surface area contributed by atoms with Gasteiger partial charge in [-0.1, -0.05) is 45.0 Å². The van der Waals surface area contributed by atoms with Crippen molar-refractivity contribution >= 4 is 27.4 Å². The first-order chi connectivity index (χ1) is 11.6. The predicted molar refractivity (Wildman–Crippen MR) is 102 cm³/mol. The summed E-state index contributed by atoms with van der Waals surface area (Å²) in [5.41, 5.74) is 3.64. The summed E-state index contributed by atoms with van der Waals surface area (Å²) < 4.78 is 0. The summed E-state index contributed by atoms with van der Waals surface area (Å²) in [4.78, 5) is 9.78. The smallest absolute Gasteiger partial charge is 0.139 e. The van der Waals surface area contributed by atoms with Gasteiger partial charge in [-0.2, -0.15) is 0 Å². The summed E-state index contributed by atoms with van der Waals surface area (Å²) in [6, 6.07) is 8.69. The molecule has 0 spiro atoms. The zero-order chi connectivity index (χ0) is 17.1. The van der Waals surface area contributed by atoms with E-state index >= 15 is 0 Å². The standard InChI is InChI=1S/C19H23N3OS/c1-4-15(9-23)22-18-17-16(10-24-19(17)21-11-20-18)14-7-5-13(6-8-14)12(2)3/h5-8,10-12,15,23H,4,9H2,1-3H3,(H,20,21,22). The van der Waals surface area contributed by atoms with Gasteiger partial charge in [0.2, 0.25) is 0 Å². The van der Waals surface area contributed by atoms with E-state index in [0.29, 0.717) is 5.92 Å². The van der Waals surface area contributed by atoms with E-state index in [1.54, 1.807) is 17.7 Å². The number of hydrogen-bond acceptors (Lipinski definition) is 5. The van der Waals surface area contributed by atoms with Crippen molar-refractivity contribution in [2.75, 3.05) is 11.9 Å². The molecule has 0 saturated carbocycles. The lowest BCUT2D eigenvalue weighted by Crippen LogP contribution is -2.23. The first kappa shape index (κ1) is 16.9. The fourth-order valence-corrected chi connectivity index (χ4v) is 3.63. The van der Waals surface area contributed by atoms with Crippen molar-refractivity contribution in [3.63, 3.8) is 0 Å². The van der Waals surface area contributed by atoms with E-state index in [1.807, 2.05) is 6.92 Å². The molecule has 2 aromatic heterocycles. The Morgan fingerprint density at radius 2 is 1.92 bits per heavy atom. The second kappa shape index (κ2) is 7.28. The quantitative estimate of drug-likeness (QED) is 0.684. The van der Waals surface area contributed by atoms with Gasteiger partial charge in [0.1, 0.15) is 17.0 Å². The zero-order valence-corrected chi connectivity index (χ0v) is 15.1. The lowest BCUT2D eigenvalue weighted by atomic mass is 9.99. The molecule has 2 N–H and O–H groups in total. The Kier molecular flexibility index (Phi) is 5.11. The normalized spacial score (nSPS) is 12.7. The largest absolute Gasteiger partial charge is 0.394 e. The molecule has 5 heteroatoms. The van der Waals surface area contributed by atoms with Gasteiger partial charge < -0.3 is 10.4 Å². The van der Waals surface area contributed by atoms with Crippen LogP contribution in [0.4, 0.5) is 5.82 Å². The molecule has 4 nitrogen and oxygen atoms in total. The number of fused-ring (bicyclic) bond motifs is 1. The van der Waals surface area contributed by atoms with Crippen LogP contribution in [0, 0.1) is 0 Å². The molecule has 0 bridgehead atoms. The molecule has 1 aromatic carbocycles. The molecular formula is C19H23N3OS. The fourth-order valence-electron chi connectivity index (χ4n) is 2.71. The molecule has 0 fully saturated rings. The summed E-state index contributed by atoms with van der Waals surface area (Å²) >= 11 is 1.62. The highest BCUT2D eigenvalue weighted by Crippen LogP contribution is 2.37. The average molecular weight is 341 g/mol. The molecule has 1 atom stereocenters. The summed E-state index contributed by atoms with van der Waals surface area (Å²) in [5.74, 6) is 1.32. The Morgan fingerprint density at radius 1 is 1.17 bits per heavy atom. The molecule has 3 aromatic rings. The van der Waals surface area contributed by atoms with Crippen LogP contribution >= 0.6 is 11.3 Å². The number of thiophene rings is 1. The van der Waals surface area contributed by atoms with E-state index in [-0.39, 0.29) is 12.6 Å². The van der Waals surface area contributed by atoms with Crippen LogP contribution in [0.3, 0.4) is 0 Å². The maximum atomic E-state index is 9.48.